The fourth-order valence-electron chi connectivity index (χ4n) is 4.13. The van der Waals surface area contributed by atoms with Crippen LogP contribution in [0.5, 0.6) is 0 Å². The van der Waals surface area contributed by atoms with Crippen molar-refractivity contribution in [1.29, 1.82) is 0 Å². The molecule has 0 bridgehead atoms. The summed E-state index contributed by atoms with van der Waals surface area (Å²) >= 11 is 0. The molecule has 0 spiro atoms. The second-order valence-electron chi connectivity index (χ2n) is 7.87. The second-order valence-corrected chi connectivity index (χ2v) is 7.87. The van der Waals surface area contributed by atoms with Gasteiger partial charge in [0.2, 0.25) is 0 Å². The van der Waals surface area contributed by atoms with Gasteiger partial charge in [-0.05, 0) is 17.5 Å². The van der Waals surface area contributed by atoms with Crippen molar-refractivity contribution < 1.29 is 9.90 Å². The molecule has 0 saturated carbocycles. The maximum atomic E-state index is 12.5. The molecule has 0 aliphatic heterocycles. The fraction of sp³-hybridized carbons (Fsp3) is 0.500. The van der Waals surface area contributed by atoms with E-state index in [1.165, 1.54) is 51.4 Å². The van der Waals surface area contributed by atoms with Crippen molar-refractivity contribution in [3.8, 4) is 0 Å². The molecule has 152 valence electrons. The van der Waals surface area contributed by atoms with Crippen LogP contribution in [-0.2, 0) is 10.2 Å². The van der Waals surface area contributed by atoms with Gasteiger partial charge in [0.05, 0.1) is 0 Å². The Bertz CT molecular complexity index is 624. The maximum absolute atomic E-state index is 12.5. The molecule has 0 fully saturated rings. The first kappa shape index (κ1) is 22.2. The fourth-order valence-corrected chi connectivity index (χ4v) is 4.13. The molecule has 2 nitrogen and oxygen atoms in total. The molecule has 2 aromatic rings. The van der Waals surface area contributed by atoms with Crippen LogP contribution >= 0.6 is 0 Å². The highest BCUT2D eigenvalue weighted by molar-refractivity contribution is 5.86. The average molecular weight is 381 g/mol. The van der Waals surface area contributed by atoms with E-state index in [1.807, 2.05) is 60.7 Å². The Labute approximate surface area is 171 Å². The van der Waals surface area contributed by atoms with Gasteiger partial charge in [-0.2, -0.15) is 0 Å². The lowest BCUT2D eigenvalue weighted by Crippen LogP contribution is -2.37. The van der Waals surface area contributed by atoms with Crippen LogP contribution in [0.25, 0.3) is 0 Å². The number of hydrogen-bond acceptors (Lipinski definition) is 1. The molecular formula is C26H36O2. The molecule has 28 heavy (non-hydrogen) atoms. The molecule has 2 rings (SSSR count). The summed E-state index contributed by atoms with van der Waals surface area (Å²) < 4.78 is 0. The van der Waals surface area contributed by atoms with Gasteiger partial charge >= 0.3 is 5.97 Å². The Balaban J connectivity index is 1.94. The smallest absolute Gasteiger partial charge is 0.318 e. The van der Waals surface area contributed by atoms with Gasteiger partial charge in [0.15, 0.2) is 0 Å². The number of carboxylic acid groups (broad SMARTS) is 1. The topological polar surface area (TPSA) is 37.3 Å². The number of carbonyl (C=O) groups is 1. The predicted molar refractivity (Wildman–Crippen MR) is 118 cm³/mol. The summed E-state index contributed by atoms with van der Waals surface area (Å²) in [5.41, 5.74) is 0.803. The van der Waals surface area contributed by atoms with Gasteiger partial charge in [-0.25, -0.2) is 0 Å². The van der Waals surface area contributed by atoms with E-state index < -0.39 is 11.4 Å². The highest BCUT2D eigenvalue weighted by Gasteiger charge is 2.41. The Morgan fingerprint density at radius 2 is 1.07 bits per heavy atom. The molecule has 0 aliphatic carbocycles. The average Bonchev–Trinajstić information content (AvgIpc) is 2.73. The predicted octanol–water partition coefficient (Wildman–Crippen LogP) is 7.37. The van der Waals surface area contributed by atoms with Crippen molar-refractivity contribution in [2.45, 2.75) is 83.0 Å². The van der Waals surface area contributed by atoms with Crippen LogP contribution < -0.4 is 0 Å². The molecular weight excluding hydrogens is 344 g/mol. The third kappa shape index (κ3) is 6.22. The van der Waals surface area contributed by atoms with E-state index >= 15 is 0 Å². The zero-order chi connectivity index (χ0) is 20.1. The van der Waals surface area contributed by atoms with Crippen molar-refractivity contribution in [3.05, 3.63) is 71.8 Å². The molecule has 0 heterocycles. The first-order valence-electron chi connectivity index (χ1n) is 11.1. The highest BCUT2D eigenvalue weighted by Crippen LogP contribution is 2.38. The maximum Gasteiger partial charge on any atom is 0.318 e. The molecule has 1 N–H and O–H groups in total. The number of benzene rings is 2. The van der Waals surface area contributed by atoms with E-state index in [2.05, 4.69) is 6.92 Å². The number of rotatable bonds is 14. The van der Waals surface area contributed by atoms with Crippen LogP contribution in [0.15, 0.2) is 60.7 Å². The van der Waals surface area contributed by atoms with Crippen molar-refractivity contribution in [3.63, 3.8) is 0 Å². The lowest BCUT2D eigenvalue weighted by molar-refractivity contribution is -0.142. The molecule has 0 aliphatic rings. The van der Waals surface area contributed by atoms with Crippen LogP contribution in [0.2, 0.25) is 0 Å². The molecule has 2 heteroatoms. The number of aliphatic carboxylic acids is 1. The van der Waals surface area contributed by atoms with Crippen LogP contribution in [0.4, 0.5) is 0 Å². The summed E-state index contributed by atoms with van der Waals surface area (Å²) in [6.45, 7) is 2.25. The molecule has 0 amide bonds. The van der Waals surface area contributed by atoms with E-state index in [9.17, 15) is 9.90 Å². The van der Waals surface area contributed by atoms with E-state index in [1.54, 1.807) is 0 Å². The van der Waals surface area contributed by atoms with E-state index in [0.717, 1.165) is 24.0 Å². The van der Waals surface area contributed by atoms with E-state index in [0.29, 0.717) is 6.42 Å². The normalized spacial score (nSPS) is 11.5. The van der Waals surface area contributed by atoms with Crippen molar-refractivity contribution in [2.24, 2.45) is 0 Å². The zero-order valence-electron chi connectivity index (χ0n) is 17.4. The number of unbranched alkanes of at least 4 members (excludes halogenated alkanes) is 9. The Hall–Kier alpha value is -2.09. The Morgan fingerprint density at radius 3 is 1.46 bits per heavy atom. The van der Waals surface area contributed by atoms with Crippen molar-refractivity contribution >= 4 is 5.97 Å². The number of carboxylic acids is 1. The molecule has 0 saturated heterocycles. The molecule has 0 atom stereocenters. The van der Waals surface area contributed by atoms with Crippen molar-refractivity contribution in [2.75, 3.05) is 0 Å². The molecule has 0 unspecified atom stereocenters. The molecule has 2 aromatic carbocycles. The van der Waals surface area contributed by atoms with Crippen LogP contribution in [-0.4, -0.2) is 11.1 Å². The largest absolute Gasteiger partial charge is 0.480 e. The molecule has 0 radical (unpaired) electrons. The zero-order valence-corrected chi connectivity index (χ0v) is 17.4. The summed E-state index contributed by atoms with van der Waals surface area (Å²) in [7, 11) is 0. The Kier molecular flexibility index (Phi) is 9.82. The van der Waals surface area contributed by atoms with Crippen molar-refractivity contribution in [1.82, 2.24) is 0 Å². The summed E-state index contributed by atoms with van der Waals surface area (Å²) in [6.07, 6.45) is 13.2. The summed E-state index contributed by atoms with van der Waals surface area (Å²) in [4.78, 5) is 12.5. The third-order valence-electron chi connectivity index (χ3n) is 5.80. The van der Waals surface area contributed by atoms with Gasteiger partial charge in [-0.15, -0.1) is 0 Å². The third-order valence-corrected chi connectivity index (χ3v) is 5.80. The van der Waals surface area contributed by atoms with Gasteiger partial charge in [0.1, 0.15) is 5.41 Å². The monoisotopic (exact) mass is 380 g/mol. The van der Waals surface area contributed by atoms with Gasteiger partial charge in [-0.3, -0.25) is 4.79 Å². The van der Waals surface area contributed by atoms with E-state index in [-0.39, 0.29) is 0 Å². The molecule has 0 aromatic heterocycles. The van der Waals surface area contributed by atoms with Gasteiger partial charge < -0.3 is 5.11 Å². The van der Waals surface area contributed by atoms with E-state index in [4.69, 9.17) is 0 Å². The first-order valence-corrected chi connectivity index (χ1v) is 11.1. The minimum Gasteiger partial charge on any atom is -0.480 e. The minimum atomic E-state index is -0.956. The first-order chi connectivity index (χ1) is 13.7. The second kappa shape index (κ2) is 12.4. The van der Waals surface area contributed by atoms with Gasteiger partial charge in [0.25, 0.3) is 0 Å². The lowest BCUT2D eigenvalue weighted by Gasteiger charge is -2.31. The highest BCUT2D eigenvalue weighted by atomic mass is 16.4. The SMILES string of the molecule is CCCCCCCCCCCCC(C(=O)O)(c1ccccc1)c1ccccc1. The van der Waals surface area contributed by atoms with Gasteiger partial charge in [-0.1, -0.05) is 132 Å². The van der Waals surface area contributed by atoms with Gasteiger partial charge in [0, 0.05) is 0 Å². The lowest BCUT2D eigenvalue weighted by atomic mass is 9.71. The summed E-state index contributed by atoms with van der Waals surface area (Å²) in [5.74, 6) is -0.749. The minimum absolute atomic E-state index is 0.646. The quantitative estimate of drug-likeness (QED) is 0.347. The summed E-state index contributed by atoms with van der Waals surface area (Å²) in [6, 6.07) is 19.5. The van der Waals surface area contributed by atoms with Crippen LogP contribution in [0, 0.1) is 0 Å². The Morgan fingerprint density at radius 1 is 0.679 bits per heavy atom. The summed E-state index contributed by atoms with van der Waals surface area (Å²) in [5, 5.41) is 10.3. The van der Waals surface area contributed by atoms with Crippen LogP contribution in [0.3, 0.4) is 0 Å². The van der Waals surface area contributed by atoms with Crippen LogP contribution in [0.1, 0.15) is 88.7 Å². The number of hydrogen-bond donors (Lipinski definition) is 1. The standard InChI is InChI=1S/C26H36O2/c1-2-3-4-5-6-7-8-9-10-17-22-26(25(27)28,23-18-13-11-14-19-23)24-20-15-12-16-21-24/h11-16,18-21H,2-10,17,22H2,1H3,(H,27,28).